The van der Waals surface area contributed by atoms with Gasteiger partial charge < -0.3 is 9.32 Å². The van der Waals surface area contributed by atoms with Gasteiger partial charge in [-0.25, -0.2) is 0 Å². The fraction of sp³-hybridized carbons (Fsp3) is 0.462. The molecule has 1 aromatic rings. The van der Waals surface area contributed by atoms with Crippen LogP contribution in [0.3, 0.4) is 0 Å². The number of furan rings is 1. The number of likely N-dealkylation sites (N-methyl/N-ethyl adjacent to an activating group) is 1. The van der Waals surface area contributed by atoms with E-state index in [-0.39, 0.29) is 5.91 Å². The Hall–Kier alpha value is -0.780. The third kappa shape index (κ3) is 4.93. The third-order valence-electron chi connectivity index (χ3n) is 2.46. The number of amides is 1. The van der Waals surface area contributed by atoms with Gasteiger partial charge in [0.2, 0.25) is 5.91 Å². The summed E-state index contributed by atoms with van der Waals surface area (Å²) in [5.74, 6) is 0.765. The van der Waals surface area contributed by atoms with Crippen molar-refractivity contribution in [3.8, 4) is 0 Å². The molecule has 17 heavy (non-hydrogen) atoms. The van der Waals surface area contributed by atoms with Crippen LogP contribution < -0.4 is 0 Å². The van der Waals surface area contributed by atoms with Gasteiger partial charge in [0, 0.05) is 19.2 Å². The first-order chi connectivity index (χ1) is 8.17. The summed E-state index contributed by atoms with van der Waals surface area (Å²) < 4.78 is 6.18. The predicted octanol–water partition coefficient (Wildman–Crippen LogP) is 3.55. The highest BCUT2D eigenvalue weighted by molar-refractivity contribution is 14.1. The van der Waals surface area contributed by atoms with Gasteiger partial charge >= 0.3 is 0 Å². The van der Waals surface area contributed by atoms with Crippen molar-refractivity contribution < 1.29 is 9.21 Å². The second-order valence-electron chi connectivity index (χ2n) is 3.75. The van der Waals surface area contributed by atoms with Gasteiger partial charge in [-0.2, -0.15) is 0 Å². The van der Waals surface area contributed by atoms with E-state index in [0.717, 1.165) is 29.7 Å². The second-order valence-corrected chi connectivity index (χ2v) is 4.81. The lowest BCUT2D eigenvalue weighted by molar-refractivity contribution is -0.125. The topological polar surface area (TPSA) is 33.5 Å². The van der Waals surface area contributed by atoms with Crippen molar-refractivity contribution >= 4 is 34.6 Å². The largest absolute Gasteiger partial charge is 0.451 e. The maximum absolute atomic E-state index is 11.9. The number of hydrogen-bond donors (Lipinski definition) is 0. The Morgan fingerprint density at radius 1 is 1.47 bits per heavy atom. The number of unbranched alkanes of at least 4 members (excludes halogenated alkanes) is 1. The molecule has 0 bridgehead atoms. The molecule has 0 aliphatic rings. The van der Waals surface area contributed by atoms with Crippen molar-refractivity contribution in [3.63, 3.8) is 0 Å². The minimum atomic E-state index is 0.0485. The molecule has 94 valence electrons. The van der Waals surface area contributed by atoms with Crippen molar-refractivity contribution in [2.75, 3.05) is 13.1 Å². The van der Waals surface area contributed by atoms with E-state index in [0.29, 0.717) is 5.76 Å². The van der Waals surface area contributed by atoms with Crippen LogP contribution in [0.25, 0.3) is 6.08 Å². The summed E-state index contributed by atoms with van der Waals surface area (Å²) in [5, 5.41) is 0. The lowest BCUT2D eigenvalue weighted by Gasteiger charge is -2.18. The van der Waals surface area contributed by atoms with Crippen molar-refractivity contribution in [3.05, 3.63) is 27.7 Å². The highest BCUT2D eigenvalue weighted by Gasteiger charge is 2.07. The minimum absolute atomic E-state index is 0.0485. The summed E-state index contributed by atoms with van der Waals surface area (Å²) >= 11 is 2.10. The summed E-state index contributed by atoms with van der Waals surface area (Å²) in [7, 11) is 0. The number of rotatable bonds is 6. The number of hydrogen-bond acceptors (Lipinski definition) is 2. The van der Waals surface area contributed by atoms with Gasteiger partial charge in [0.1, 0.15) is 5.76 Å². The molecule has 1 amide bonds. The number of halogens is 1. The fourth-order valence-electron chi connectivity index (χ4n) is 1.45. The molecule has 0 saturated carbocycles. The molecule has 1 aromatic heterocycles. The normalized spacial score (nSPS) is 11.0. The average molecular weight is 347 g/mol. The van der Waals surface area contributed by atoms with Crippen LogP contribution in [-0.4, -0.2) is 23.9 Å². The molecule has 0 saturated heterocycles. The van der Waals surface area contributed by atoms with Crippen LogP contribution in [0.15, 0.2) is 22.6 Å². The van der Waals surface area contributed by atoms with Crippen molar-refractivity contribution in [1.82, 2.24) is 4.90 Å². The van der Waals surface area contributed by atoms with E-state index in [1.807, 2.05) is 24.0 Å². The Bertz CT molecular complexity index is 385. The van der Waals surface area contributed by atoms with Gasteiger partial charge in [-0.3, -0.25) is 4.79 Å². The van der Waals surface area contributed by atoms with Crippen LogP contribution in [-0.2, 0) is 4.79 Å². The Labute approximate surface area is 116 Å². The van der Waals surface area contributed by atoms with Crippen LogP contribution in [0.5, 0.6) is 0 Å². The van der Waals surface area contributed by atoms with Gasteiger partial charge in [-0.15, -0.1) is 0 Å². The Kier molecular flexibility index (Phi) is 6.32. The molecule has 0 aromatic carbocycles. The van der Waals surface area contributed by atoms with Crippen LogP contribution in [0.2, 0.25) is 0 Å². The average Bonchev–Trinajstić information content (AvgIpc) is 2.73. The monoisotopic (exact) mass is 347 g/mol. The molecule has 0 aliphatic carbocycles. The zero-order valence-electron chi connectivity index (χ0n) is 10.3. The molecule has 0 spiro atoms. The molecule has 0 radical (unpaired) electrons. The lowest BCUT2D eigenvalue weighted by Crippen LogP contribution is -2.30. The molecule has 0 unspecified atom stereocenters. The fourth-order valence-corrected chi connectivity index (χ4v) is 1.88. The molecule has 1 heterocycles. The maximum Gasteiger partial charge on any atom is 0.246 e. The molecule has 0 fully saturated rings. The summed E-state index contributed by atoms with van der Waals surface area (Å²) in [6.45, 7) is 5.70. The molecular formula is C13H18INO2. The maximum atomic E-state index is 11.9. The second kappa shape index (κ2) is 7.53. The Morgan fingerprint density at radius 3 is 2.76 bits per heavy atom. The molecule has 4 heteroatoms. The first-order valence-corrected chi connectivity index (χ1v) is 6.97. The van der Waals surface area contributed by atoms with E-state index < -0.39 is 0 Å². The van der Waals surface area contributed by atoms with E-state index in [1.165, 1.54) is 0 Å². The minimum Gasteiger partial charge on any atom is -0.451 e. The van der Waals surface area contributed by atoms with Gasteiger partial charge in [-0.05, 0) is 54.1 Å². The molecular weight excluding hydrogens is 329 g/mol. The van der Waals surface area contributed by atoms with E-state index >= 15 is 0 Å². The number of nitrogens with zero attached hydrogens (tertiary/aromatic N) is 1. The zero-order chi connectivity index (χ0) is 12.7. The SMILES string of the molecule is CCCCN(CC)C(=O)/C=C/c1ccc(I)o1. The van der Waals surface area contributed by atoms with Gasteiger partial charge in [0.05, 0.1) is 0 Å². The molecule has 0 atom stereocenters. The Morgan fingerprint density at radius 2 is 2.24 bits per heavy atom. The van der Waals surface area contributed by atoms with Crippen LogP contribution in [0, 0.1) is 3.77 Å². The highest BCUT2D eigenvalue weighted by Crippen LogP contribution is 2.11. The number of carbonyl (C=O) groups excluding carboxylic acids is 1. The smallest absolute Gasteiger partial charge is 0.246 e. The van der Waals surface area contributed by atoms with Gasteiger partial charge in [0.25, 0.3) is 0 Å². The van der Waals surface area contributed by atoms with Crippen LogP contribution in [0.4, 0.5) is 0 Å². The lowest BCUT2D eigenvalue weighted by atomic mass is 10.3. The summed E-state index contributed by atoms with van der Waals surface area (Å²) in [6.07, 6.45) is 5.45. The molecule has 0 N–H and O–H groups in total. The quantitative estimate of drug-likeness (QED) is 0.583. The van der Waals surface area contributed by atoms with Gasteiger partial charge in [-0.1, -0.05) is 13.3 Å². The summed E-state index contributed by atoms with van der Waals surface area (Å²) in [4.78, 5) is 13.7. The molecule has 1 rings (SSSR count). The standard InChI is InChI=1S/C13H18INO2/c1-3-5-10-15(4-2)13(16)9-7-11-6-8-12(14)17-11/h6-9H,3-5,10H2,1-2H3/b9-7+. The van der Waals surface area contributed by atoms with E-state index in [9.17, 15) is 4.79 Å². The molecule has 3 nitrogen and oxygen atoms in total. The first kappa shape index (κ1) is 14.3. The Balaban J connectivity index is 2.54. The number of carbonyl (C=O) groups is 1. The van der Waals surface area contributed by atoms with E-state index in [1.54, 1.807) is 12.2 Å². The summed E-state index contributed by atoms with van der Waals surface area (Å²) in [6, 6.07) is 3.73. The van der Waals surface area contributed by atoms with Crippen molar-refractivity contribution in [2.45, 2.75) is 26.7 Å². The first-order valence-electron chi connectivity index (χ1n) is 5.89. The van der Waals surface area contributed by atoms with Crippen molar-refractivity contribution in [2.24, 2.45) is 0 Å². The highest BCUT2D eigenvalue weighted by atomic mass is 127. The predicted molar refractivity (Wildman–Crippen MR) is 77.6 cm³/mol. The van der Waals surface area contributed by atoms with E-state index in [2.05, 4.69) is 29.5 Å². The molecule has 0 aliphatic heterocycles. The van der Waals surface area contributed by atoms with Crippen molar-refractivity contribution in [1.29, 1.82) is 0 Å². The van der Waals surface area contributed by atoms with E-state index in [4.69, 9.17) is 4.42 Å². The van der Waals surface area contributed by atoms with Crippen LogP contribution in [0.1, 0.15) is 32.4 Å². The summed E-state index contributed by atoms with van der Waals surface area (Å²) in [5.41, 5.74) is 0. The zero-order valence-corrected chi connectivity index (χ0v) is 12.4. The van der Waals surface area contributed by atoms with Gasteiger partial charge in [0.15, 0.2) is 3.77 Å². The third-order valence-corrected chi connectivity index (χ3v) is 3.04. The van der Waals surface area contributed by atoms with Crippen LogP contribution >= 0.6 is 22.6 Å².